The highest BCUT2D eigenvalue weighted by Gasteiger charge is 2.52. The van der Waals surface area contributed by atoms with Crippen LogP contribution in [0.2, 0.25) is 0 Å². The molecule has 0 aromatic carbocycles. The number of aryl methyl sites for hydroxylation is 1. The predicted octanol–water partition coefficient (Wildman–Crippen LogP) is 1.87. The summed E-state index contributed by atoms with van der Waals surface area (Å²) < 4.78 is 13.8. The Morgan fingerprint density at radius 3 is 2.19 bits per heavy atom. The molecule has 0 spiro atoms. The number of nitrogens with zero attached hydrogens (tertiary/aromatic N) is 3. The lowest BCUT2D eigenvalue weighted by atomic mass is 9.84. The van der Waals surface area contributed by atoms with E-state index >= 15 is 0 Å². The second-order valence-electron chi connectivity index (χ2n) is 6.43. The summed E-state index contributed by atoms with van der Waals surface area (Å²) in [6, 6.07) is 5.86. The third-order valence-electron chi connectivity index (χ3n) is 4.25. The highest BCUT2D eigenvalue weighted by atomic mass is 16.7. The zero-order valence-electron chi connectivity index (χ0n) is 13.1. The van der Waals surface area contributed by atoms with Crippen molar-refractivity contribution in [2.75, 3.05) is 0 Å². The van der Waals surface area contributed by atoms with Gasteiger partial charge < -0.3 is 9.31 Å². The van der Waals surface area contributed by atoms with Gasteiger partial charge in [0.05, 0.1) is 34.4 Å². The third-order valence-corrected chi connectivity index (χ3v) is 4.25. The first-order chi connectivity index (χ1) is 9.78. The van der Waals surface area contributed by atoms with E-state index in [4.69, 9.17) is 9.31 Å². The van der Waals surface area contributed by atoms with Crippen LogP contribution in [0.1, 0.15) is 33.4 Å². The molecule has 0 amide bonds. The van der Waals surface area contributed by atoms with Crippen molar-refractivity contribution >= 4 is 12.7 Å². The Labute approximate surface area is 125 Å². The maximum Gasteiger partial charge on any atom is 0.514 e. The lowest BCUT2D eigenvalue weighted by Crippen LogP contribution is -2.41. The summed E-state index contributed by atoms with van der Waals surface area (Å²) in [6.07, 6.45) is 3.70. The van der Waals surface area contributed by atoms with Gasteiger partial charge in [-0.2, -0.15) is 5.10 Å². The third kappa shape index (κ3) is 2.49. The number of rotatable bonds is 2. The van der Waals surface area contributed by atoms with Crippen molar-refractivity contribution in [2.24, 2.45) is 0 Å². The van der Waals surface area contributed by atoms with Crippen molar-refractivity contribution in [1.29, 1.82) is 0 Å². The van der Waals surface area contributed by atoms with Crippen LogP contribution >= 0.6 is 0 Å². The Morgan fingerprint density at radius 2 is 1.71 bits per heavy atom. The van der Waals surface area contributed by atoms with Crippen LogP contribution in [0.15, 0.2) is 30.6 Å². The summed E-state index contributed by atoms with van der Waals surface area (Å²) in [4.78, 5) is 4.47. The lowest BCUT2D eigenvalue weighted by Gasteiger charge is -2.32. The Morgan fingerprint density at radius 1 is 1.05 bits per heavy atom. The number of aromatic nitrogens is 3. The summed E-state index contributed by atoms with van der Waals surface area (Å²) in [5.41, 5.74) is 1.98. The molecule has 5 nitrogen and oxygen atoms in total. The van der Waals surface area contributed by atoms with Crippen molar-refractivity contribution < 1.29 is 9.31 Å². The normalized spacial score (nSPS) is 20.0. The van der Waals surface area contributed by atoms with Crippen molar-refractivity contribution in [3.63, 3.8) is 0 Å². The summed E-state index contributed by atoms with van der Waals surface area (Å²) in [6.45, 7) is 10.1. The van der Waals surface area contributed by atoms with Crippen LogP contribution in [0.4, 0.5) is 0 Å². The maximum absolute atomic E-state index is 5.99. The van der Waals surface area contributed by atoms with Crippen LogP contribution in [0.5, 0.6) is 0 Å². The van der Waals surface area contributed by atoms with Gasteiger partial charge in [-0.25, -0.2) is 4.68 Å². The van der Waals surface area contributed by atoms with E-state index < -0.39 is 7.12 Å². The highest BCUT2D eigenvalue weighted by Crippen LogP contribution is 2.36. The van der Waals surface area contributed by atoms with Crippen molar-refractivity contribution in [2.45, 2.75) is 45.8 Å². The van der Waals surface area contributed by atoms with E-state index in [-0.39, 0.29) is 11.2 Å². The molecular formula is C15H20BN3O2. The molecule has 0 bridgehead atoms. The van der Waals surface area contributed by atoms with E-state index in [0.29, 0.717) is 0 Å². The summed E-state index contributed by atoms with van der Waals surface area (Å²) in [5.74, 6) is 0. The largest absolute Gasteiger partial charge is 0.514 e. The van der Waals surface area contributed by atoms with Gasteiger partial charge in [0, 0.05) is 6.20 Å². The van der Waals surface area contributed by atoms with Gasteiger partial charge >= 0.3 is 7.12 Å². The summed E-state index contributed by atoms with van der Waals surface area (Å²) >= 11 is 0. The average Bonchev–Trinajstić information content (AvgIpc) is 2.92. The minimum atomic E-state index is -0.427. The number of hydrogen-bond donors (Lipinski definition) is 0. The number of hydrogen-bond acceptors (Lipinski definition) is 4. The van der Waals surface area contributed by atoms with Crippen LogP contribution < -0.4 is 5.59 Å². The molecule has 0 atom stereocenters. The van der Waals surface area contributed by atoms with E-state index in [1.807, 2.05) is 59.0 Å². The molecular weight excluding hydrogens is 265 g/mol. The standard InChI is InChI=1S/C15H20BN3O2/c1-11-8-9-19(18-11)12-6-7-13(17-10-12)16-20-14(2,3)15(4,5)21-16/h6-10H,1-5H3. The van der Waals surface area contributed by atoms with Crippen LogP contribution in [-0.4, -0.2) is 33.1 Å². The van der Waals surface area contributed by atoms with E-state index in [9.17, 15) is 0 Å². The molecule has 1 aliphatic rings. The minimum Gasteiger partial charge on any atom is -0.398 e. The first-order valence-electron chi connectivity index (χ1n) is 7.13. The molecule has 110 valence electrons. The molecule has 0 radical (unpaired) electrons. The molecule has 6 heteroatoms. The van der Waals surface area contributed by atoms with Gasteiger partial charge in [0.15, 0.2) is 0 Å². The second-order valence-corrected chi connectivity index (χ2v) is 6.43. The molecule has 3 heterocycles. The van der Waals surface area contributed by atoms with Crippen molar-refractivity contribution in [1.82, 2.24) is 14.8 Å². The monoisotopic (exact) mass is 285 g/mol. The fourth-order valence-corrected chi connectivity index (χ4v) is 2.20. The van der Waals surface area contributed by atoms with Crippen molar-refractivity contribution in [3.05, 3.63) is 36.3 Å². The zero-order chi connectivity index (χ0) is 15.3. The predicted molar refractivity (Wildman–Crippen MR) is 81.8 cm³/mol. The second kappa shape index (κ2) is 4.68. The Balaban J connectivity index is 1.83. The van der Waals surface area contributed by atoms with Crippen molar-refractivity contribution in [3.8, 4) is 5.69 Å². The zero-order valence-corrected chi connectivity index (χ0v) is 13.1. The molecule has 3 rings (SSSR count). The lowest BCUT2D eigenvalue weighted by molar-refractivity contribution is 0.00578. The van der Waals surface area contributed by atoms with Gasteiger partial charge in [-0.3, -0.25) is 4.98 Å². The van der Waals surface area contributed by atoms with Gasteiger partial charge in [0.1, 0.15) is 0 Å². The Kier molecular flexibility index (Phi) is 3.18. The number of pyridine rings is 1. The van der Waals surface area contributed by atoms with Gasteiger partial charge in [-0.05, 0) is 52.8 Å². The molecule has 0 saturated carbocycles. The highest BCUT2D eigenvalue weighted by molar-refractivity contribution is 6.61. The molecule has 2 aromatic rings. The molecule has 21 heavy (non-hydrogen) atoms. The molecule has 1 saturated heterocycles. The molecule has 1 aliphatic heterocycles. The summed E-state index contributed by atoms with van der Waals surface area (Å²) in [7, 11) is -0.427. The first kappa shape index (κ1) is 14.3. The smallest absolute Gasteiger partial charge is 0.398 e. The first-order valence-corrected chi connectivity index (χ1v) is 7.13. The minimum absolute atomic E-state index is 0.350. The van der Waals surface area contributed by atoms with Gasteiger partial charge in [-0.15, -0.1) is 0 Å². The molecule has 0 N–H and O–H groups in total. The fraction of sp³-hybridized carbons (Fsp3) is 0.467. The molecule has 1 fully saturated rings. The molecule has 2 aromatic heterocycles. The average molecular weight is 285 g/mol. The van der Waals surface area contributed by atoms with Gasteiger partial charge in [-0.1, -0.05) is 0 Å². The topological polar surface area (TPSA) is 49.2 Å². The van der Waals surface area contributed by atoms with Crippen LogP contribution in [0.3, 0.4) is 0 Å². The summed E-state index contributed by atoms with van der Waals surface area (Å²) in [5, 5.41) is 4.37. The Bertz CT molecular complexity index is 633. The molecule has 0 aliphatic carbocycles. The van der Waals surface area contributed by atoms with Gasteiger partial charge in [0.25, 0.3) is 0 Å². The van der Waals surface area contributed by atoms with Crippen LogP contribution in [0, 0.1) is 6.92 Å². The Hall–Kier alpha value is -1.66. The van der Waals surface area contributed by atoms with E-state index in [0.717, 1.165) is 17.0 Å². The molecule has 0 unspecified atom stereocenters. The van der Waals surface area contributed by atoms with Crippen LogP contribution in [-0.2, 0) is 9.31 Å². The fourth-order valence-electron chi connectivity index (χ4n) is 2.20. The van der Waals surface area contributed by atoms with Crippen LogP contribution in [0.25, 0.3) is 5.69 Å². The quantitative estimate of drug-likeness (QED) is 0.790. The van der Waals surface area contributed by atoms with Gasteiger partial charge in [0.2, 0.25) is 0 Å². The van der Waals surface area contributed by atoms with E-state index in [1.165, 1.54) is 0 Å². The van der Waals surface area contributed by atoms with E-state index in [1.54, 1.807) is 10.9 Å². The SMILES string of the molecule is Cc1ccn(-c2ccc(B3OC(C)(C)C(C)(C)O3)nc2)n1. The maximum atomic E-state index is 5.99. The van der Waals surface area contributed by atoms with E-state index in [2.05, 4.69) is 10.1 Å².